The maximum atomic E-state index is 10.9. The van der Waals surface area contributed by atoms with Crippen molar-refractivity contribution >= 4 is 10.1 Å². The lowest BCUT2D eigenvalue weighted by molar-refractivity contribution is -0.299. The van der Waals surface area contributed by atoms with Gasteiger partial charge in [0.1, 0.15) is 12.2 Å². The molecule has 0 aromatic rings. The molecular weight excluding hydrogens is 248 g/mol. The van der Waals surface area contributed by atoms with E-state index in [-0.39, 0.29) is 0 Å². The molecule has 1 heterocycles. The van der Waals surface area contributed by atoms with Crippen molar-refractivity contribution in [3.8, 4) is 0 Å². The fraction of sp³-hybridized carbons (Fsp3) is 1.00. The lowest BCUT2D eigenvalue weighted by Crippen LogP contribution is -2.70. The zero-order chi connectivity index (χ0) is 12.7. The van der Waals surface area contributed by atoms with Gasteiger partial charge in [0.15, 0.2) is 12.4 Å². The Labute approximate surface area is 90.3 Å². The van der Waals surface area contributed by atoms with Crippen LogP contribution >= 0.6 is 0 Å². The molecule has 96 valence electrons. The Hall–Kier alpha value is -0.330. The second-order valence-corrected chi connectivity index (χ2v) is 4.97. The van der Waals surface area contributed by atoms with Crippen LogP contribution in [0.4, 0.5) is 0 Å². The van der Waals surface area contributed by atoms with Crippen LogP contribution in [-0.4, -0.2) is 74.6 Å². The minimum absolute atomic E-state index is 0.928. The molecule has 10 heteroatoms. The summed E-state index contributed by atoms with van der Waals surface area (Å²) in [5.41, 5.74) is 0. The van der Waals surface area contributed by atoms with E-state index >= 15 is 0 Å². The van der Waals surface area contributed by atoms with Gasteiger partial charge >= 0.3 is 10.1 Å². The van der Waals surface area contributed by atoms with Crippen molar-refractivity contribution in [3.63, 3.8) is 0 Å². The Bertz CT molecular complexity index is 353. The van der Waals surface area contributed by atoms with E-state index in [0.717, 1.165) is 0 Å². The quantitative estimate of drug-likeness (QED) is 0.271. The summed E-state index contributed by atoms with van der Waals surface area (Å²) >= 11 is 0. The van der Waals surface area contributed by atoms with E-state index in [1.165, 1.54) is 0 Å². The Morgan fingerprint density at radius 2 is 1.69 bits per heavy atom. The average molecular weight is 260 g/mol. The highest BCUT2D eigenvalue weighted by atomic mass is 32.2. The van der Waals surface area contributed by atoms with Gasteiger partial charge in [-0.3, -0.25) is 4.55 Å². The third-order valence-corrected chi connectivity index (χ3v) is 3.69. The van der Waals surface area contributed by atoms with Crippen molar-refractivity contribution in [1.29, 1.82) is 0 Å². The minimum Gasteiger partial charge on any atom is -0.394 e. The van der Waals surface area contributed by atoms with Crippen molar-refractivity contribution < 1.29 is 43.2 Å². The van der Waals surface area contributed by atoms with E-state index in [4.69, 9.17) is 14.8 Å². The number of rotatable bonds is 2. The van der Waals surface area contributed by atoms with Gasteiger partial charge in [0, 0.05) is 0 Å². The van der Waals surface area contributed by atoms with Crippen LogP contribution < -0.4 is 0 Å². The molecule has 1 fully saturated rings. The third kappa shape index (κ3) is 1.83. The maximum absolute atomic E-state index is 10.9. The van der Waals surface area contributed by atoms with Gasteiger partial charge in [-0.25, -0.2) is 0 Å². The minimum atomic E-state index is -5.30. The van der Waals surface area contributed by atoms with Gasteiger partial charge in [0.25, 0.3) is 4.93 Å². The van der Waals surface area contributed by atoms with Crippen LogP contribution in [0, 0.1) is 0 Å². The van der Waals surface area contributed by atoms with Crippen LogP contribution in [0.1, 0.15) is 0 Å². The summed E-state index contributed by atoms with van der Waals surface area (Å²) in [6.45, 7) is -0.928. The first-order valence-corrected chi connectivity index (χ1v) is 5.60. The molecule has 1 aliphatic rings. The average Bonchev–Trinajstić information content (AvgIpc) is 2.18. The predicted molar refractivity (Wildman–Crippen MR) is 46.5 cm³/mol. The van der Waals surface area contributed by atoms with Crippen molar-refractivity contribution in [1.82, 2.24) is 0 Å². The van der Waals surface area contributed by atoms with Gasteiger partial charge in [0.05, 0.1) is 6.61 Å². The first-order valence-electron chi connectivity index (χ1n) is 4.16. The molecular formula is C6H12O9S. The standard InChI is InChI=1S/C6H12O9S/c7-1-2-3(8)6(11,16(12,13)14)4(9)5(10)15-2/h2-5,7-11H,1H2,(H,12,13,14)/t2-,3+,4+,5+,6-/m1/s1. The highest BCUT2D eigenvalue weighted by molar-refractivity contribution is 7.87. The summed E-state index contributed by atoms with van der Waals surface area (Å²) in [5.74, 6) is 0. The summed E-state index contributed by atoms with van der Waals surface area (Å²) in [6, 6.07) is 0. The van der Waals surface area contributed by atoms with Gasteiger partial charge < -0.3 is 30.3 Å². The molecule has 6 N–H and O–H groups in total. The highest BCUT2D eigenvalue weighted by Crippen LogP contribution is 2.32. The summed E-state index contributed by atoms with van der Waals surface area (Å²) in [4.78, 5) is -3.42. The molecule has 0 spiro atoms. The van der Waals surface area contributed by atoms with Crippen LogP contribution in [0.5, 0.6) is 0 Å². The van der Waals surface area contributed by atoms with Crippen LogP contribution in [0.2, 0.25) is 0 Å². The summed E-state index contributed by atoms with van der Waals surface area (Å²) < 4.78 is 34.9. The SMILES string of the molecule is O=S(=O)(O)[C@@]1(O)[C@@H](O)[C@@H](O)O[C@H](CO)[C@@H]1O. The molecule has 1 aliphatic heterocycles. The smallest absolute Gasteiger partial charge is 0.300 e. The zero-order valence-electron chi connectivity index (χ0n) is 7.83. The van der Waals surface area contributed by atoms with Gasteiger partial charge in [-0.2, -0.15) is 8.42 Å². The molecule has 9 nitrogen and oxygen atoms in total. The topological polar surface area (TPSA) is 165 Å². The molecule has 1 rings (SSSR count). The first-order chi connectivity index (χ1) is 7.16. The number of aliphatic hydroxyl groups excluding tert-OH is 4. The predicted octanol–water partition coefficient (Wildman–Crippen LogP) is -4.01. The van der Waals surface area contributed by atoms with Gasteiger partial charge in [-0.15, -0.1) is 0 Å². The first kappa shape index (κ1) is 13.7. The Morgan fingerprint density at radius 1 is 1.19 bits per heavy atom. The van der Waals surface area contributed by atoms with Crippen molar-refractivity contribution in [2.75, 3.05) is 6.61 Å². The molecule has 5 atom stereocenters. The molecule has 0 bridgehead atoms. The Kier molecular flexibility index (Phi) is 3.57. The Balaban J connectivity index is 3.22. The summed E-state index contributed by atoms with van der Waals surface area (Å²) in [5, 5.41) is 45.9. The largest absolute Gasteiger partial charge is 0.394 e. The zero-order valence-corrected chi connectivity index (χ0v) is 8.65. The number of hydrogen-bond acceptors (Lipinski definition) is 8. The van der Waals surface area contributed by atoms with Crippen molar-refractivity contribution in [3.05, 3.63) is 0 Å². The van der Waals surface area contributed by atoms with E-state index < -0.39 is 46.3 Å². The lowest BCUT2D eigenvalue weighted by Gasteiger charge is -2.43. The van der Waals surface area contributed by atoms with Gasteiger partial charge in [0.2, 0.25) is 0 Å². The monoisotopic (exact) mass is 260 g/mol. The van der Waals surface area contributed by atoms with E-state index in [9.17, 15) is 23.7 Å². The molecule has 0 aromatic carbocycles. The molecule has 0 radical (unpaired) electrons. The van der Waals surface area contributed by atoms with Crippen molar-refractivity contribution in [2.45, 2.75) is 29.5 Å². The third-order valence-electron chi connectivity index (χ3n) is 2.38. The van der Waals surface area contributed by atoms with E-state index in [1.54, 1.807) is 0 Å². The number of hydrogen-bond donors (Lipinski definition) is 6. The molecule has 0 amide bonds. The fourth-order valence-corrected chi connectivity index (χ4v) is 2.30. The van der Waals surface area contributed by atoms with Crippen molar-refractivity contribution in [2.24, 2.45) is 0 Å². The van der Waals surface area contributed by atoms with Gasteiger partial charge in [-0.05, 0) is 0 Å². The summed E-state index contributed by atoms with van der Waals surface area (Å²) in [6.07, 6.45) is -8.62. The van der Waals surface area contributed by atoms with Crippen LogP contribution in [0.25, 0.3) is 0 Å². The molecule has 0 aliphatic carbocycles. The molecule has 0 saturated carbocycles. The maximum Gasteiger partial charge on any atom is 0.300 e. The molecule has 1 saturated heterocycles. The van der Waals surface area contributed by atoms with Crippen LogP contribution in [-0.2, 0) is 14.9 Å². The molecule has 0 unspecified atom stereocenters. The van der Waals surface area contributed by atoms with Crippen LogP contribution in [0.3, 0.4) is 0 Å². The van der Waals surface area contributed by atoms with Gasteiger partial charge in [-0.1, -0.05) is 0 Å². The van der Waals surface area contributed by atoms with E-state index in [2.05, 4.69) is 4.74 Å². The van der Waals surface area contributed by atoms with Crippen LogP contribution in [0.15, 0.2) is 0 Å². The Morgan fingerprint density at radius 3 is 2.06 bits per heavy atom. The highest BCUT2D eigenvalue weighted by Gasteiger charge is 2.62. The second-order valence-electron chi connectivity index (χ2n) is 3.36. The molecule has 0 aromatic heterocycles. The number of aliphatic hydroxyl groups is 5. The second kappa shape index (κ2) is 4.16. The molecule has 16 heavy (non-hydrogen) atoms. The van der Waals surface area contributed by atoms with E-state index in [1.807, 2.05) is 0 Å². The van der Waals surface area contributed by atoms with E-state index in [0.29, 0.717) is 0 Å². The fourth-order valence-electron chi connectivity index (χ4n) is 1.42. The normalized spacial score (nSPS) is 45.6. The number of ether oxygens (including phenoxy) is 1. The summed E-state index contributed by atoms with van der Waals surface area (Å²) in [7, 11) is -5.30. The lowest BCUT2D eigenvalue weighted by atomic mass is 9.98.